The number of likely N-dealkylation sites (tertiary alicyclic amines) is 1. The molecule has 5 heteroatoms. The van der Waals surface area contributed by atoms with Crippen LogP contribution < -0.4 is 0 Å². The van der Waals surface area contributed by atoms with Crippen LogP contribution in [-0.4, -0.2) is 40.3 Å². The van der Waals surface area contributed by atoms with Gasteiger partial charge in [0.25, 0.3) is 0 Å². The molecule has 1 saturated heterocycles. The highest BCUT2D eigenvalue weighted by Crippen LogP contribution is 2.24. The molecule has 1 atom stereocenters. The van der Waals surface area contributed by atoms with Crippen LogP contribution in [0.25, 0.3) is 0 Å². The zero-order chi connectivity index (χ0) is 14.8. The predicted molar refractivity (Wildman–Crippen MR) is 72.2 cm³/mol. The van der Waals surface area contributed by atoms with Crippen molar-refractivity contribution < 1.29 is 19.0 Å². The lowest BCUT2D eigenvalue weighted by Crippen LogP contribution is -2.42. The van der Waals surface area contributed by atoms with Crippen LogP contribution in [0, 0.1) is 11.6 Å². The number of halogens is 2. The Balaban J connectivity index is 1.87. The lowest BCUT2D eigenvalue weighted by atomic mass is 9.93. The summed E-state index contributed by atoms with van der Waals surface area (Å²) < 4.78 is 26.6. The molecule has 1 heterocycles. The largest absolute Gasteiger partial charge is 0.390 e. The van der Waals surface area contributed by atoms with Gasteiger partial charge < -0.3 is 15.1 Å². The van der Waals surface area contributed by atoms with Gasteiger partial charge in [-0.15, -0.1) is 0 Å². The van der Waals surface area contributed by atoms with Crippen LogP contribution in [0.5, 0.6) is 0 Å². The minimum Gasteiger partial charge on any atom is -0.390 e. The minimum atomic E-state index is -1.01. The van der Waals surface area contributed by atoms with Crippen molar-refractivity contribution in [2.45, 2.75) is 37.9 Å². The first kappa shape index (κ1) is 15.4. The first-order valence-electron chi connectivity index (χ1n) is 6.96. The number of benzene rings is 1. The van der Waals surface area contributed by atoms with E-state index in [9.17, 15) is 19.0 Å². The topological polar surface area (TPSA) is 43.7 Å². The van der Waals surface area contributed by atoms with Crippen molar-refractivity contribution in [3.8, 4) is 0 Å². The van der Waals surface area contributed by atoms with Gasteiger partial charge in [0.1, 0.15) is 0 Å². The van der Waals surface area contributed by atoms with E-state index in [0.717, 1.165) is 19.2 Å². The van der Waals surface area contributed by atoms with Gasteiger partial charge in [0.2, 0.25) is 0 Å². The van der Waals surface area contributed by atoms with E-state index in [4.69, 9.17) is 0 Å². The Morgan fingerprint density at radius 3 is 2.60 bits per heavy atom. The molecule has 2 rings (SSSR count). The summed E-state index contributed by atoms with van der Waals surface area (Å²) in [6.45, 7) is 3.94. The third-order valence-electron chi connectivity index (χ3n) is 3.99. The van der Waals surface area contributed by atoms with Crippen molar-refractivity contribution in [3.63, 3.8) is 0 Å². The van der Waals surface area contributed by atoms with Gasteiger partial charge >= 0.3 is 0 Å². The summed E-state index contributed by atoms with van der Waals surface area (Å²) in [4.78, 5) is 2.12. The third kappa shape index (κ3) is 3.75. The molecule has 0 aliphatic carbocycles. The maximum atomic E-state index is 13.5. The van der Waals surface area contributed by atoms with E-state index in [0.29, 0.717) is 25.8 Å². The quantitative estimate of drug-likeness (QED) is 0.891. The Morgan fingerprint density at radius 1 is 1.30 bits per heavy atom. The van der Waals surface area contributed by atoms with E-state index in [2.05, 4.69) is 4.90 Å². The van der Waals surface area contributed by atoms with Crippen molar-refractivity contribution in [2.24, 2.45) is 0 Å². The molecule has 0 radical (unpaired) electrons. The van der Waals surface area contributed by atoms with Crippen molar-refractivity contribution in [1.29, 1.82) is 0 Å². The third-order valence-corrected chi connectivity index (χ3v) is 3.99. The summed E-state index contributed by atoms with van der Waals surface area (Å²) in [6, 6.07) is 3.84. The summed E-state index contributed by atoms with van der Waals surface area (Å²) in [5.74, 6) is -1.91. The lowest BCUT2D eigenvalue weighted by molar-refractivity contribution is -0.00821. The first-order valence-corrected chi connectivity index (χ1v) is 6.96. The summed E-state index contributed by atoms with van der Waals surface area (Å²) in [6.07, 6.45) is 0.727. The number of rotatable bonds is 4. The summed E-state index contributed by atoms with van der Waals surface area (Å²) in [7, 11) is 0. The van der Waals surface area contributed by atoms with Crippen molar-refractivity contribution in [1.82, 2.24) is 4.90 Å². The molecule has 0 spiro atoms. The van der Waals surface area contributed by atoms with Crippen LogP contribution in [-0.2, 0) is 0 Å². The van der Waals surface area contributed by atoms with Gasteiger partial charge in [-0.25, -0.2) is 8.78 Å². The molecule has 112 valence electrons. The molecule has 1 aliphatic rings. The molecule has 20 heavy (non-hydrogen) atoms. The smallest absolute Gasteiger partial charge is 0.164 e. The Labute approximate surface area is 117 Å². The van der Waals surface area contributed by atoms with Crippen molar-refractivity contribution in [3.05, 3.63) is 35.4 Å². The summed E-state index contributed by atoms with van der Waals surface area (Å²) >= 11 is 0. The Bertz CT molecular complexity index is 455. The van der Waals surface area contributed by atoms with Gasteiger partial charge in [0.05, 0.1) is 11.7 Å². The van der Waals surface area contributed by atoms with Crippen LogP contribution in [0.4, 0.5) is 8.78 Å². The Morgan fingerprint density at radius 2 is 1.95 bits per heavy atom. The highest BCUT2D eigenvalue weighted by molar-refractivity contribution is 5.21. The molecule has 2 N–H and O–H groups in total. The average Bonchev–Trinajstić information content (AvgIpc) is 2.40. The highest BCUT2D eigenvalue weighted by Gasteiger charge is 2.27. The maximum Gasteiger partial charge on any atom is 0.164 e. The van der Waals surface area contributed by atoms with Gasteiger partial charge in [0, 0.05) is 25.2 Å². The molecular formula is C15H21F2NO2. The molecule has 0 aromatic heterocycles. The van der Waals surface area contributed by atoms with Gasteiger partial charge in [-0.1, -0.05) is 12.1 Å². The van der Waals surface area contributed by atoms with Crippen LogP contribution in [0.1, 0.15) is 37.9 Å². The molecule has 0 amide bonds. The zero-order valence-electron chi connectivity index (χ0n) is 11.6. The van der Waals surface area contributed by atoms with Gasteiger partial charge in [-0.05, 0) is 32.3 Å². The molecule has 1 aliphatic heterocycles. The van der Waals surface area contributed by atoms with E-state index in [1.165, 1.54) is 12.1 Å². The van der Waals surface area contributed by atoms with Gasteiger partial charge in [0.15, 0.2) is 11.6 Å². The van der Waals surface area contributed by atoms with E-state index < -0.39 is 23.3 Å². The van der Waals surface area contributed by atoms with Crippen LogP contribution in [0.15, 0.2) is 18.2 Å². The number of hydrogen-bond donors (Lipinski definition) is 2. The number of hydrogen-bond acceptors (Lipinski definition) is 3. The fourth-order valence-corrected chi connectivity index (χ4v) is 2.50. The fraction of sp³-hybridized carbons (Fsp3) is 0.600. The number of aliphatic hydroxyl groups excluding tert-OH is 1. The fourth-order valence-electron chi connectivity index (χ4n) is 2.50. The monoisotopic (exact) mass is 285 g/mol. The van der Waals surface area contributed by atoms with Crippen LogP contribution in [0.3, 0.4) is 0 Å². The van der Waals surface area contributed by atoms with E-state index in [-0.39, 0.29) is 5.56 Å². The minimum absolute atomic E-state index is 0.00834. The zero-order valence-corrected chi connectivity index (χ0v) is 11.6. The van der Waals surface area contributed by atoms with E-state index >= 15 is 0 Å². The first-order chi connectivity index (χ1) is 9.39. The van der Waals surface area contributed by atoms with Crippen molar-refractivity contribution in [2.75, 3.05) is 19.6 Å². The molecule has 1 aromatic rings. The number of piperidine rings is 1. The maximum absolute atomic E-state index is 13.5. The summed E-state index contributed by atoms with van der Waals surface area (Å²) in [5, 5.41) is 19.8. The van der Waals surface area contributed by atoms with Gasteiger partial charge in [-0.2, -0.15) is 0 Å². The van der Waals surface area contributed by atoms with Gasteiger partial charge in [-0.3, -0.25) is 0 Å². The number of nitrogens with zero attached hydrogens (tertiary/aromatic N) is 1. The van der Waals surface area contributed by atoms with E-state index in [1.54, 1.807) is 0 Å². The summed E-state index contributed by atoms with van der Waals surface area (Å²) in [5.41, 5.74) is -0.599. The second-order valence-electron chi connectivity index (χ2n) is 5.79. The Kier molecular flexibility index (Phi) is 4.73. The molecular weight excluding hydrogens is 264 g/mol. The van der Waals surface area contributed by atoms with Crippen molar-refractivity contribution >= 4 is 0 Å². The molecule has 1 fully saturated rings. The predicted octanol–water partition coefficient (Wildman–Crippen LogP) is 2.24. The number of aliphatic hydroxyl groups is 2. The molecule has 0 saturated carbocycles. The normalized spacial score (nSPS) is 20.9. The Hall–Kier alpha value is -1.04. The highest BCUT2D eigenvalue weighted by atomic mass is 19.2. The average molecular weight is 285 g/mol. The second-order valence-corrected chi connectivity index (χ2v) is 5.79. The van der Waals surface area contributed by atoms with Crippen LogP contribution in [0.2, 0.25) is 0 Å². The van der Waals surface area contributed by atoms with E-state index in [1.807, 2.05) is 6.92 Å². The SMILES string of the molecule is CC1(O)CCN(CCC(O)c2cccc(F)c2F)CC1. The second kappa shape index (κ2) is 6.16. The molecule has 1 unspecified atom stereocenters. The standard InChI is InChI=1S/C15H21F2NO2/c1-15(20)6-9-18(10-7-15)8-5-13(19)11-3-2-4-12(16)14(11)17/h2-4,13,19-20H,5-10H2,1H3. The molecule has 0 bridgehead atoms. The van der Waals surface area contributed by atoms with Crippen LogP contribution >= 0.6 is 0 Å². The lowest BCUT2D eigenvalue weighted by Gasteiger charge is -2.36. The molecule has 3 nitrogen and oxygen atoms in total. The molecule has 1 aromatic carbocycles.